The second kappa shape index (κ2) is 7.27. The number of hydrogen-bond acceptors (Lipinski definition) is 4. The first-order chi connectivity index (χ1) is 10.1. The Balaban J connectivity index is 2.06. The molecule has 0 amide bonds. The molecule has 2 N–H and O–H groups in total. The largest absolute Gasteiger partial charge is 0.388 e. The Morgan fingerprint density at radius 1 is 1.38 bits per heavy atom. The molecule has 0 radical (unpaired) electrons. The summed E-state index contributed by atoms with van der Waals surface area (Å²) in [6, 6.07) is 0. The smallest absolute Gasteiger partial charge is 0.287 e. The van der Waals surface area contributed by atoms with Crippen molar-refractivity contribution in [1.82, 2.24) is 9.78 Å². The standard InChI is InChI=1S/C15H24ClN3O2/c1-2-9-19-14(20)13(16)12(10-18-19)17-11-15(21)7-5-3-4-6-8-15/h10,17,21H,2-9,11H2,1H3. The predicted octanol–water partition coefficient (Wildman–Crippen LogP) is 2.80. The molecule has 1 aliphatic carbocycles. The van der Waals surface area contributed by atoms with Crippen molar-refractivity contribution in [3.05, 3.63) is 21.6 Å². The molecule has 0 aromatic carbocycles. The van der Waals surface area contributed by atoms with Gasteiger partial charge in [-0.05, 0) is 19.3 Å². The van der Waals surface area contributed by atoms with E-state index in [1.165, 1.54) is 17.5 Å². The lowest BCUT2D eigenvalue weighted by molar-refractivity contribution is 0.0381. The van der Waals surface area contributed by atoms with Crippen molar-refractivity contribution in [2.24, 2.45) is 0 Å². The van der Waals surface area contributed by atoms with Crippen LogP contribution in [0.1, 0.15) is 51.9 Å². The molecule has 21 heavy (non-hydrogen) atoms. The third-order valence-electron chi connectivity index (χ3n) is 4.06. The SMILES string of the molecule is CCCn1ncc(NCC2(O)CCCCCC2)c(Cl)c1=O. The highest BCUT2D eigenvalue weighted by Gasteiger charge is 2.28. The van der Waals surface area contributed by atoms with E-state index in [0.717, 1.165) is 32.1 Å². The minimum Gasteiger partial charge on any atom is -0.388 e. The number of halogens is 1. The first-order valence-electron chi connectivity index (χ1n) is 7.77. The molecule has 1 aromatic heterocycles. The zero-order valence-electron chi connectivity index (χ0n) is 12.6. The molecule has 0 unspecified atom stereocenters. The number of aryl methyl sites for hydroxylation is 1. The number of aromatic nitrogens is 2. The average Bonchev–Trinajstić information content (AvgIpc) is 2.69. The minimum absolute atomic E-state index is 0.149. The number of anilines is 1. The Labute approximate surface area is 130 Å². The fourth-order valence-electron chi connectivity index (χ4n) is 2.78. The van der Waals surface area contributed by atoms with Crippen molar-refractivity contribution in [1.29, 1.82) is 0 Å². The van der Waals surface area contributed by atoms with Crippen molar-refractivity contribution in [3.63, 3.8) is 0 Å². The van der Waals surface area contributed by atoms with E-state index < -0.39 is 5.60 Å². The van der Waals surface area contributed by atoms with Crippen LogP contribution in [0, 0.1) is 0 Å². The predicted molar refractivity (Wildman–Crippen MR) is 84.9 cm³/mol. The molecule has 6 heteroatoms. The van der Waals surface area contributed by atoms with E-state index >= 15 is 0 Å². The van der Waals surface area contributed by atoms with Crippen LogP contribution in [0.15, 0.2) is 11.0 Å². The summed E-state index contributed by atoms with van der Waals surface area (Å²) in [6.45, 7) is 2.95. The van der Waals surface area contributed by atoms with Gasteiger partial charge in [-0.1, -0.05) is 44.2 Å². The fourth-order valence-corrected chi connectivity index (χ4v) is 3.00. The molecule has 5 nitrogen and oxygen atoms in total. The Morgan fingerprint density at radius 3 is 2.67 bits per heavy atom. The summed E-state index contributed by atoms with van der Waals surface area (Å²) in [5.41, 5.74) is -0.485. The lowest BCUT2D eigenvalue weighted by atomic mass is 9.94. The monoisotopic (exact) mass is 313 g/mol. The molecular formula is C15H24ClN3O2. The van der Waals surface area contributed by atoms with Gasteiger partial charge in [0.15, 0.2) is 0 Å². The third-order valence-corrected chi connectivity index (χ3v) is 4.43. The van der Waals surface area contributed by atoms with Gasteiger partial charge in [0.05, 0.1) is 17.5 Å². The maximum atomic E-state index is 12.0. The summed E-state index contributed by atoms with van der Waals surface area (Å²) in [4.78, 5) is 12.0. The number of nitrogens with one attached hydrogen (secondary N) is 1. The first kappa shape index (κ1) is 16.3. The van der Waals surface area contributed by atoms with Gasteiger partial charge < -0.3 is 10.4 Å². The van der Waals surface area contributed by atoms with Gasteiger partial charge in [-0.3, -0.25) is 4.79 Å². The molecule has 2 rings (SSSR count). The van der Waals surface area contributed by atoms with Gasteiger partial charge in [-0.15, -0.1) is 0 Å². The highest BCUT2D eigenvalue weighted by atomic mass is 35.5. The second-order valence-electron chi connectivity index (χ2n) is 5.89. The molecular weight excluding hydrogens is 290 g/mol. The molecule has 0 bridgehead atoms. The molecule has 1 heterocycles. The van der Waals surface area contributed by atoms with Crippen LogP contribution in [0.25, 0.3) is 0 Å². The molecule has 0 spiro atoms. The molecule has 1 saturated carbocycles. The van der Waals surface area contributed by atoms with Crippen LogP contribution in [-0.2, 0) is 6.54 Å². The fraction of sp³-hybridized carbons (Fsp3) is 0.733. The van der Waals surface area contributed by atoms with Crippen LogP contribution in [-0.4, -0.2) is 27.0 Å². The van der Waals surface area contributed by atoms with Crippen LogP contribution in [0.5, 0.6) is 0 Å². The van der Waals surface area contributed by atoms with Gasteiger partial charge in [-0.25, -0.2) is 4.68 Å². The Bertz CT molecular complexity index is 522. The molecule has 1 aromatic rings. The summed E-state index contributed by atoms with van der Waals surface area (Å²) in [6.07, 6.45) is 8.42. The second-order valence-corrected chi connectivity index (χ2v) is 6.27. The van der Waals surface area contributed by atoms with Crippen molar-refractivity contribution < 1.29 is 5.11 Å². The average molecular weight is 314 g/mol. The van der Waals surface area contributed by atoms with Gasteiger partial charge in [0.25, 0.3) is 5.56 Å². The summed E-state index contributed by atoms with van der Waals surface area (Å²) >= 11 is 6.11. The van der Waals surface area contributed by atoms with Crippen LogP contribution in [0.2, 0.25) is 5.02 Å². The van der Waals surface area contributed by atoms with Crippen LogP contribution >= 0.6 is 11.6 Å². The summed E-state index contributed by atoms with van der Waals surface area (Å²) in [5.74, 6) is 0. The maximum absolute atomic E-state index is 12.0. The molecule has 118 valence electrons. The highest BCUT2D eigenvalue weighted by Crippen LogP contribution is 2.28. The maximum Gasteiger partial charge on any atom is 0.287 e. The lowest BCUT2D eigenvalue weighted by Crippen LogP contribution is -2.37. The van der Waals surface area contributed by atoms with Crippen molar-refractivity contribution >= 4 is 17.3 Å². The van der Waals surface area contributed by atoms with Crippen molar-refractivity contribution in [2.75, 3.05) is 11.9 Å². The Hall–Kier alpha value is -1.07. The van der Waals surface area contributed by atoms with E-state index in [9.17, 15) is 9.90 Å². The van der Waals surface area contributed by atoms with Gasteiger partial charge in [0.1, 0.15) is 5.02 Å². The quantitative estimate of drug-likeness (QED) is 0.820. The van der Waals surface area contributed by atoms with Gasteiger partial charge in [0, 0.05) is 13.1 Å². The van der Waals surface area contributed by atoms with Crippen LogP contribution < -0.4 is 10.9 Å². The first-order valence-corrected chi connectivity index (χ1v) is 8.15. The van der Waals surface area contributed by atoms with Crippen molar-refractivity contribution in [2.45, 2.75) is 64.0 Å². The minimum atomic E-state index is -0.710. The normalized spacial score (nSPS) is 18.2. The van der Waals surface area contributed by atoms with Crippen molar-refractivity contribution in [3.8, 4) is 0 Å². The van der Waals surface area contributed by atoms with E-state index in [4.69, 9.17) is 11.6 Å². The summed E-state index contributed by atoms with van der Waals surface area (Å²) in [5, 5.41) is 18.0. The Kier molecular flexibility index (Phi) is 5.65. The van der Waals surface area contributed by atoms with Gasteiger partial charge in [0.2, 0.25) is 0 Å². The summed E-state index contributed by atoms with van der Waals surface area (Å²) in [7, 11) is 0. The molecule has 1 aliphatic rings. The lowest BCUT2D eigenvalue weighted by Gasteiger charge is -2.27. The van der Waals surface area contributed by atoms with Gasteiger partial charge in [-0.2, -0.15) is 5.10 Å². The van der Waals surface area contributed by atoms with Crippen LogP contribution in [0.4, 0.5) is 5.69 Å². The zero-order chi connectivity index (χ0) is 15.3. The zero-order valence-corrected chi connectivity index (χ0v) is 13.3. The van der Waals surface area contributed by atoms with Crippen LogP contribution in [0.3, 0.4) is 0 Å². The number of nitrogens with zero attached hydrogens (tertiary/aromatic N) is 2. The van der Waals surface area contributed by atoms with Gasteiger partial charge >= 0.3 is 0 Å². The number of aliphatic hydroxyl groups is 1. The topological polar surface area (TPSA) is 67.2 Å². The van der Waals surface area contributed by atoms with E-state index in [1.54, 1.807) is 6.20 Å². The number of hydrogen-bond donors (Lipinski definition) is 2. The molecule has 1 fully saturated rings. The van der Waals surface area contributed by atoms with E-state index in [2.05, 4.69) is 10.4 Å². The summed E-state index contributed by atoms with van der Waals surface area (Å²) < 4.78 is 1.37. The molecule has 0 aliphatic heterocycles. The third kappa shape index (κ3) is 4.20. The number of rotatable bonds is 5. The van der Waals surface area contributed by atoms with E-state index in [-0.39, 0.29) is 10.6 Å². The highest BCUT2D eigenvalue weighted by molar-refractivity contribution is 6.32. The Morgan fingerprint density at radius 2 is 2.05 bits per heavy atom. The van der Waals surface area contributed by atoms with E-state index in [1.807, 2.05) is 6.92 Å². The molecule has 0 saturated heterocycles. The van der Waals surface area contributed by atoms with E-state index in [0.29, 0.717) is 18.8 Å². The molecule has 0 atom stereocenters.